The quantitative estimate of drug-likeness (QED) is 0.234. The van der Waals surface area contributed by atoms with E-state index in [1.54, 1.807) is 17.0 Å². The van der Waals surface area contributed by atoms with Gasteiger partial charge in [-0.05, 0) is 67.1 Å². The van der Waals surface area contributed by atoms with Gasteiger partial charge in [-0.3, -0.25) is 13.9 Å². The summed E-state index contributed by atoms with van der Waals surface area (Å²) in [6.07, 6.45) is 3.49. The molecule has 42 heavy (non-hydrogen) atoms. The van der Waals surface area contributed by atoms with Gasteiger partial charge in [-0.25, -0.2) is 12.8 Å². The topological polar surface area (TPSA) is 86.8 Å². The zero-order chi connectivity index (χ0) is 30.7. The van der Waals surface area contributed by atoms with Gasteiger partial charge in [-0.2, -0.15) is 0 Å². The Morgan fingerprint density at radius 3 is 2.26 bits per heavy atom. The number of carbonyl (C=O) groups is 2. The molecule has 3 aromatic carbocycles. The Bertz CT molecular complexity index is 1430. The Labute approximate surface area is 249 Å². The van der Waals surface area contributed by atoms with Crippen LogP contribution in [0.4, 0.5) is 10.1 Å². The maximum Gasteiger partial charge on any atom is 0.243 e. The summed E-state index contributed by atoms with van der Waals surface area (Å²) in [6.45, 7) is 6.52. The number of aryl methyl sites for hydroxylation is 2. The van der Waals surface area contributed by atoms with Crippen LogP contribution in [0.2, 0.25) is 0 Å². The second-order valence-electron chi connectivity index (χ2n) is 10.7. The average molecular weight is 596 g/mol. The van der Waals surface area contributed by atoms with Gasteiger partial charge >= 0.3 is 0 Å². The highest BCUT2D eigenvalue weighted by Gasteiger charge is 2.30. The fourth-order valence-corrected chi connectivity index (χ4v) is 5.83. The molecule has 1 atom stereocenters. The molecule has 2 amide bonds. The first-order valence-electron chi connectivity index (χ1n) is 14.4. The predicted molar refractivity (Wildman–Crippen MR) is 166 cm³/mol. The Hall–Kier alpha value is -3.72. The maximum absolute atomic E-state index is 13.9. The van der Waals surface area contributed by atoms with Crippen molar-refractivity contribution in [3.8, 4) is 0 Å². The number of amides is 2. The number of halogens is 1. The van der Waals surface area contributed by atoms with E-state index in [9.17, 15) is 22.4 Å². The Morgan fingerprint density at radius 1 is 0.929 bits per heavy atom. The van der Waals surface area contributed by atoms with E-state index in [2.05, 4.69) is 5.32 Å². The Morgan fingerprint density at radius 2 is 1.62 bits per heavy atom. The molecule has 0 aliphatic rings. The SMILES string of the molecule is CCCCNC(=O)[C@H](Cc1ccccc1)N(Cc1ccc(F)cc1)C(=O)CCCN(c1cc(C)ccc1C)S(C)(=O)=O. The van der Waals surface area contributed by atoms with Crippen molar-refractivity contribution in [1.82, 2.24) is 10.2 Å². The smallest absolute Gasteiger partial charge is 0.243 e. The zero-order valence-corrected chi connectivity index (χ0v) is 25.8. The minimum absolute atomic E-state index is 0.0333. The van der Waals surface area contributed by atoms with E-state index in [0.29, 0.717) is 24.2 Å². The summed E-state index contributed by atoms with van der Waals surface area (Å²) < 4.78 is 40.5. The number of hydrogen-bond acceptors (Lipinski definition) is 4. The molecule has 0 radical (unpaired) electrons. The summed E-state index contributed by atoms with van der Waals surface area (Å²) in [4.78, 5) is 28.9. The number of rotatable bonds is 15. The number of sulfonamides is 1. The van der Waals surface area contributed by atoms with Gasteiger partial charge in [0, 0.05) is 32.5 Å². The number of unbranched alkanes of at least 4 members (excludes halogenated alkanes) is 1. The summed E-state index contributed by atoms with van der Waals surface area (Å²) in [7, 11) is -3.60. The second-order valence-corrected chi connectivity index (χ2v) is 12.6. The van der Waals surface area contributed by atoms with E-state index >= 15 is 0 Å². The number of benzene rings is 3. The summed E-state index contributed by atoms with van der Waals surface area (Å²) in [5.74, 6) is -0.918. The van der Waals surface area contributed by atoms with Crippen LogP contribution in [-0.4, -0.2) is 50.5 Å². The van der Waals surface area contributed by atoms with Gasteiger partial charge in [0.15, 0.2) is 0 Å². The van der Waals surface area contributed by atoms with Gasteiger partial charge in [-0.15, -0.1) is 0 Å². The minimum atomic E-state index is -3.60. The molecule has 0 saturated heterocycles. The van der Waals surface area contributed by atoms with Crippen LogP contribution in [0, 0.1) is 19.7 Å². The number of anilines is 1. The maximum atomic E-state index is 13.9. The fraction of sp³-hybridized carbons (Fsp3) is 0.394. The molecule has 0 heterocycles. The van der Waals surface area contributed by atoms with Gasteiger partial charge in [0.1, 0.15) is 11.9 Å². The minimum Gasteiger partial charge on any atom is -0.354 e. The molecule has 0 aromatic heterocycles. The third-order valence-electron chi connectivity index (χ3n) is 7.15. The molecular formula is C33H42FN3O4S. The Kier molecular flexibility index (Phi) is 12.1. The van der Waals surface area contributed by atoms with Crippen LogP contribution in [-0.2, 0) is 32.6 Å². The second kappa shape index (κ2) is 15.5. The lowest BCUT2D eigenvalue weighted by Gasteiger charge is -2.32. The highest BCUT2D eigenvalue weighted by molar-refractivity contribution is 7.92. The molecule has 0 bridgehead atoms. The van der Waals surface area contributed by atoms with Crippen LogP contribution < -0.4 is 9.62 Å². The first-order chi connectivity index (χ1) is 20.0. The van der Waals surface area contributed by atoms with E-state index in [-0.39, 0.29) is 43.6 Å². The standard InChI is InChI=1S/C33H42FN3O4S/c1-5-6-20-35-33(39)31(23-27-11-8-7-9-12-27)36(24-28-16-18-29(34)19-17-28)32(38)13-10-21-37(42(4,40)41)30-22-25(2)14-15-26(30)3/h7-9,11-12,14-19,22,31H,5-6,10,13,20-21,23-24H2,1-4H3,(H,35,39)/t31-/m0/s1. The Balaban J connectivity index is 1.88. The van der Waals surface area contributed by atoms with Crippen LogP contribution in [0.25, 0.3) is 0 Å². The van der Waals surface area contributed by atoms with Crippen molar-refractivity contribution >= 4 is 27.5 Å². The average Bonchev–Trinajstić information content (AvgIpc) is 2.95. The zero-order valence-electron chi connectivity index (χ0n) is 25.0. The third kappa shape index (κ3) is 9.69. The van der Waals surface area contributed by atoms with Crippen LogP contribution >= 0.6 is 0 Å². The van der Waals surface area contributed by atoms with Gasteiger partial charge in [-0.1, -0.05) is 67.9 Å². The van der Waals surface area contributed by atoms with Gasteiger partial charge < -0.3 is 10.2 Å². The van der Waals surface area contributed by atoms with Gasteiger partial charge in [0.05, 0.1) is 11.9 Å². The summed E-state index contributed by atoms with van der Waals surface area (Å²) in [5.41, 5.74) is 3.94. The predicted octanol–water partition coefficient (Wildman–Crippen LogP) is 5.55. The van der Waals surface area contributed by atoms with Crippen molar-refractivity contribution < 1.29 is 22.4 Å². The molecule has 1 N–H and O–H groups in total. The molecule has 0 fully saturated rings. The van der Waals surface area contributed by atoms with E-state index in [1.165, 1.54) is 16.4 Å². The van der Waals surface area contributed by atoms with Crippen molar-refractivity contribution in [2.24, 2.45) is 0 Å². The lowest BCUT2D eigenvalue weighted by molar-refractivity contribution is -0.141. The van der Waals surface area contributed by atoms with Crippen molar-refractivity contribution in [2.45, 2.75) is 65.5 Å². The third-order valence-corrected chi connectivity index (χ3v) is 8.33. The molecule has 0 aliphatic carbocycles. The van der Waals surface area contributed by atoms with Crippen LogP contribution in [0.3, 0.4) is 0 Å². The number of nitrogens with one attached hydrogen (secondary N) is 1. The molecule has 3 aromatic rings. The lowest BCUT2D eigenvalue weighted by atomic mass is 10.0. The van der Waals surface area contributed by atoms with Gasteiger partial charge in [0.2, 0.25) is 21.8 Å². The van der Waals surface area contributed by atoms with Crippen molar-refractivity contribution in [3.05, 3.63) is 101 Å². The summed E-state index contributed by atoms with van der Waals surface area (Å²) in [6, 6.07) is 20.2. The molecular weight excluding hydrogens is 553 g/mol. The fourth-order valence-electron chi connectivity index (χ4n) is 4.82. The number of nitrogens with zero attached hydrogens (tertiary/aromatic N) is 2. The van der Waals surface area contributed by atoms with Crippen LogP contribution in [0.1, 0.15) is 54.9 Å². The van der Waals surface area contributed by atoms with Gasteiger partial charge in [0.25, 0.3) is 0 Å². The molecule has 0 saturated carbocycles. The molecule has 0 unspecified atom stereocenters. The monoisotopic (exact) mass is 595 g/mol. The molecule has 9 heteroatoms. The first-order valence-corrected chi connectivity index (χ1v) is 16.2. The molecule has 3 rings (SSSR count). The van der Waals surface area contributed by atoms with E-state index in [4.69, 9.17) is 0 Å². The molecule has 0 spiro atoms. The summed E-state index contributed by atoms with van der Waals surface area (Å²) in [5, 5.41) is 2.98. The lowest BCUT2D eigenvalue weighted by Crippen LogP contribution is -2.50. The first kappa shape index (κ1) is 32.8. The summed E-state index contributed by atoms with van der Waals surface area (Å²) >= 11 is 0. The number of hydrogen-bond donors (Lipinski definition) is 1. The van der Waals surface area contributed by atoms with E-state index in [1.807, 2.05) is 69.3 Å². The number of carbonyl (C=O) groups excluding carboxylic acids is 2. The highest BCUT2D eigenvalue weighted by atomic mass is 32.2. The molecule has 0 aliphatic heterocycles. The van der Waals surface area contributed by atoms with Crippen LogP contribution in [0.5, 0.6) is 0 Å². The normalized spacial score (nSPS) is 12.0. The highest BCUT2D eigenvalue weighted by Crippen LogP contribution is 2.25. The van der Waals surface area contributed by atoms with Crippen LogP contribution in [0.15, 0.2) is 72.8 Å². The molecule has 7 nitrogen and oxygen atoms in total. The van der Waals surface area contributed by atoms with Crippen molar-refractivity contribution in [1.29, 1.82) is 0 Å². The van der Waals surface area contributed by atoms with E-state index < -0.39 is 16.1 Å². The van der Waals surface area contributed by atoms with Crippen molar-refractivity contribution in [2.75, 3.05) is 23.7 Å². The largest absolute Gasteiger partial charge is 0.354 e. The molecule has 226 valence electrons. The van der Waals surface area contributed by atoms with E-state index in [0.717, 1.165) is 35.8 Å². The van der Waals surface area contributed by atoms with Crippen molar-refractivity contribution in [3.63, 3.8) is 0 Å².